The second-order valence-electron chi connectivity index (χ2n) is 3.03. The number of hydrogen-bond donors (Lipinski definition) is 0. The van der Waals surface area contributed by atoms with Crippen LogP contribution in [0, 0.1) is 9.39 Å². The van der Waals surface area contributed by atoms with Gasteiger partial charge in [-0.1, -0.05) is 0 Å². The van der Waals surface area contributed by atoms with Gasteiger partial charge in [-0.3, -0.25) is 0 Å². The molecule has 0 saturated carbocycles. The Morgan fingerprint density at radius 2 is 2.24 bits per heavy atom. The number of halogens is 2. The first kappa shape index (κ1) is 12.0. The number of benzene rings is 1. The highest BCUT2D eigenvalue weighted by Crippen LogP contribution is 2.24. The highest BCUT2D eigenvalue weighted by atomic mass is 127. The van der Waals surface area contributed by atoms with E-state index in [1.54, 1.807) is 0 Å². The van der Waals surface area contributed by atoms with E-state index in [-0.39, 0.29) is 17.6 Å². The van der Waals surface area contributed by atoms with Crippen molar-refractivity contribution in [3.8, 4) is 11.5 Å². The molecule has 1 heterocycles. The van der Waals surface area contributed by atoms with Gasteiger partial charge in [0.15, 0.2) is 0 Å². The molecule has 0 radical (unpaired) electrons. The van der Waals surface area contributed by atoms with Gasteiger partial charge in [-0.15, -0.1) is 10.2 Å². The van der Waals surface area contributed by atoms with Crippen molar-refractivity contribution in [2.24, 2.45) is 0 Å². The summed E-state index contributed by atoms with van der Waals surface area (Å²) < 4.78 is 23.1. The summed E-state index contributed by atoms with van der Waals surface area (Å²) >= 11 is 1.94. The van der Waals surface area contributed by atoms with Crippen molar-refractivity contribution in [2.75, 3.05) is 7.11 Å². The average molecular weight is 348 g/mol. The summed E-state index contributed by atoms with van der Waals surface area (Å²) in [4.78, 5) is 11.1. The van der Waals surface area contributed by atoms with Crippen molar-refractivity contribution < 1.29 is 18.3 Å². The first-order chi connectivity index (χ1) is 8.11. The van der Waals surface area contributed by atoms with Crippen LogP contribution in [0.15, 0.2) is 22.6 Å². The second-order valence-corrected chi connectivity index (χ2v) is 4.19. The third-order valence-corrected chi connectivity index (χ3v) is 2.84. The van der Waals surface area contributed by atoms with Crippen LogP contribution in [-0.2, 0) is 4.74 Å². The number of hydrogen-bond acceptors (Lipinski definition) is 5. The Morgan fingerprint density at radius 3 is 2.88 bits per heavy atom. The molecule has 1 aromatic heterocycles. The van der Waals surface area contributed by atoms with Crippen LogP contribution in [0.2, 0.25) is 0 Å². The van der Waals surface area contributed by atoms with Gasteiger partial charge in [0, 0.05) is 3.57 Å². The lowest BCUT2D eigenvalue weighted by atomic mass is 10.2. The van der Waals surface area contributed by atoms with Crippen molar-refractivity contribution in [1.82, 2.24) is 10.2 Å². The number of ether oxygens (including phenoxy) is 1. The monoisotopic (exact) mass is 348 g/mol. The van der Waals surface area contributed by atoms with Crippen LogP contribution in [0.5, 0.6) is 0 Å². The maximum Gasteiger partial charge on any atom is 0.396 e. The lowest BCUT2D eigenvalue weighted by molar-refractivity contribution is 0.0556. The molecule has 0 bridgehead atoms. The molecule has 2 aromatic rings. The minimum atomic E-state index is -0.708. The summed E-state index contributed by atoms with van der Waals surface area (Å²) in [5, 5.41) is 7.24. The lowest BCUT2D eigenvalue weighted by Gasteiger charge is -1.98. The quantitative estimate of drug-likeness (QED) is 0.615. The van der Waals surface area contributed by atoms with Crippen LogP contribution in [0.4, 0.5) is 4.39 Å². The average Bonchev–Trinajstić information content (AvgIpc) is 2.77. The van der Waals surface area contributed by atoms with E-state index in [2.05, 4.69) is 14.9 Å². The van der Waals surface area contributed by atoms with Crippen molar-refractivity contribution in [1.29, 1.82) is 0 Å². The molecule has 0 spiro atoms. The molecule has 17 heavy (non-hydrogen) atoms. The summed E-state index contributed by atoms with van der Waals surface area (Å²) in [7, 11) is 1.22. The molecule has 5 nitrogen and oxygen atoms in total. The predicted octanol–water partition coefficient (Wildman–Crippen LogP) is 2.27. The van der Waals surface area contributed by atoms with Gasteiger partial charge in [0.1, 0.15) is 5.82 Å². The van der Waals surface area contributed by atoms with Gasteiger partial charge < -0.3 is 9.15 Å². The second kappa shape index (κ2) is 4.78. The molecule has 88 valence electrons. The number of rotatable bonds is 2. The summed E-state index contributed by atoms with van der Waals surface area (Å²) in [5.74, 6) is -1.15. The fraction of sp³-hybridized carbons (Fsp3) is 0.100. The molecule has 0 saturated heterocycles. The zero-order valence-electron chi connectivity index (χ0n) is 8.61. The Hall–Kier alpha value is -1.51. The van der Waals surface area contributed by atoms with Crippen molar-refractivity contribution in [3.05, 3.63) is 33.5 Å². The Morgan fingerprint density at radius 1 is 1.47 bits per heavy atom. The van der Waals surface area contributed by atoms with E-state index in [9.17, 15) is 9.18 Å². The SMILES string of the molecule is COC(=O)c1nnc(-c2ccc(F)cc2I)o1. The van der Waals surface area contributed by atoms with Crippen LogP contribution < -0.4 is 0 Å². The molecule has 0 aliphatic heterocycles. The topological polar surface area (TPSA) is 65.2 Å². The number of esters is 1. The summed E-state index contributed by atoms with van der Waals surface area (Å²) in [6, 6.07) is 4.11. The molecular weight excluding hydrogens is 342 g/mol. The van der Waals surface area contributed by atoms with Gasteiger partial charge in [0.05, 0.1) is 12.7 Å². The molecule has 0 aliphatic rings. The van der Waals surface area contributed by atoms with Gasteiger partial charge in [-0.25, -0.2) is 9.18 Å². The molecule has 0 amide bonds. The number of nitrogens with zero attached hydrogens (tertiary/aromatic N) is 2. The van der Waals surface area contributed by atoms with E-state index < -0.39 is 5.97 Å². The highest BCUT2D eigenvalue weighted by Gasteiger charge is 2.17. The smallest absolute Gasteiger partial charge is 0.396 e. The molecule has 0 fully saturated rings. The fourth-order valence-corrected chi connectivity index (χ4v) is 1.87. The number of aromatic nitrogens is 2. The van der Waals surface area contributed by atoms with Crippen LogP contribution in [-0.4, -0.2) is 23.3 Å². The molecule has 0 N–H and O–H groups in total. The van der Waals surface area contributed by atoms with E-state index in [1.807, 2.05) is 22.6 Å². The van der Waals surface area contributed by atoms with Crippen molar-refractivity contribution in [2.45, 2.75) is 0 Å². The third-order valence-electron chi connectivity index (χ3n) is 1.95. The largest absolute Gasteiger partial charge is 0.462 e. The van der Waals surface area contributed by atoms with Crippen LogP contribution in [0.1, 0.15) is 10.7 Å². The van der Waals surface area contributed by atoms with Gasteiger partial charge in [-0.05, 0) is 40.8 Å². The van der Waals surface area contributed by atoms with E-state index >= 15 is 0 Å². The maximum absolute atomic E-state index is 12.9. The first-order valence-electron chi connectivity index (χ1n) is 4.49. The lowest BCUT2D eigenvalue weighted by Crippen LogP contribution is -2.00. The van der Waals surface area contributed by atoms with Gasteiger partial charge in [-0.2, -0.15) is 0 Å². The summed E-state index contributed by atoms with van der Waals surface area (Å²) in [5.41, 5.74) is 0.564. The molecule has 0 aliphatic carbocycles. The van der Waals surface area contributed by atoms with Crippen molar-refractivity contribution in [3.63, 3.8) is 0 Å². The van der Waals surface area contributed by atoms with E-state index in [0.29, 0.717) is 9.13 Å². The Balaban J connectivity index is 2.40. The predicted molar refractivity (Wildman–Crippen MR) is 63.7 cm³/mol. The minimum absolute atomic E-state index is 0.148. The summed E-state index contributed by atoms with van der Waals surface area (Å²) in [6.45, 7) is 0. The van der Waals surface area contributed by atoms with Gasteiger partial charge in [0.25, 0.3) is 0 Å². The number of carbonyl (C=O) groups is 1. The number of methoxy groups -OCH3 is 1. The fourth-order valence-electron chi connectivity index (χ4n) is 1.16. The maximum atomic E-state index is 12.9. The Labute approximate surface area is 109 Å². The first-order valence-corrected chi connectivity index (χ1v) is 5.57. The van der Waals surface area contributed by atoms with Crippen molar-refractivity contribution >= 4 is 28.6 Å². The van der Waals surface area contributed by atoms with Crippen LogP contribution >= 0.6 is 22.6 Å². The van der Waals surface area contributed by atoms with Crippen LogP contribution in [0.25, 0.3) is 11.5 Å². The van der Waals surface area contributed by atoms with Crippen LogP contribution in [0.3, 0.4) is 0 Å². The third kappa shape index (κ3) is 2.43. The Kier molecular flexibility index (Phi) is 3.36. The molecular formula is C10H6FIN2O3. The summed E-state index contributed by atoms with van der Waals surface area (Å²) in [6.07, 6.45) is 0. The molecule has 2 rings (SSSR count). The normalized spacial score (nSPS) is 10.3. The molecule has 7 heteroatoms. The Bertz CT molecular complexity index is 570. The minimum Gasteiger partial charge on any atom is -0.462 e. The molecule has 0 atom stereocenters. The van der Waals surface area contributed by atoms with E-state index in [0.717, 1.165) is 0 Å². The molecule has 0 unspecified atom stereocenters. The van der Waals surface area contributed by atoms with E-state index in [4.69, 9.17) is 4.42 Å². The standard InChI is InChI=1S/C10H6FIN2O3/c1-16-10(15)9-14-13-8(17-9)6-3-2-5(11)4-7(6)12/h2-4H,1H3. The number of carbonyl (C=O) groups excluding carboxylic acids is 1. The zero-order valence-corrected chi connectivity index (χ0v) is 10.8. The molecule has 1 aromatic carbocycles. The highest BCUT2D eigenvalue weighted by molar-refractivity contribution is 14.1. The zero-order chi connectivity index (χ0) is 12.4. The van der Waals surface area contributed by atoms with Gasteiger partial charge >= 0.3 is 11.9 Å². The van der Waals surface area contributed by atoms with Gasteiger partial charge in [0.2, 0.25) is 5.89 Å². The van der Waals surface area contributed by atoms with E-state index in [1.165, 1.54) is 25.3 Å².